The van der Waals surface area contributed by atoms with Crippen LogP contribution in [-0.4, -0.2) is 20.1 Å². The van der Waals surface area contributed by atoms with E-state index in [9.17, 15) is 4.79 Å². The number of ether oxygens (including phenoxy) is 1. The van der Waals surface area contributed by atoms with Gasteiger partial charge < -0.3 is 9.64 Å². The van der Waals surface area contributed by atoms with Crippen LogP contribution in [0.3, 0.4) is 0 Å². The van der Waals surface area contributed by atoms with E-state index in [1.165, 1.54) is 11.8 Å². The second-order valence-electron chi connectivity index (χ2n) is 4.86. The summed E-state index contributed by atoms with van der Waals surface area (Å²) < 4.78 is 5.14. The van der Waals surface area contributed by atoms with Gasteiger partial charge in [-0.15, -0.1) is 0 Å². The molecule has 0 radical (unpaired) electrons. The first kappa shape index (κ1) is 15.0. The lowest BCUT2D eigenvalue weighted by Crippen LogP contribution is -2.30. The predicted molar refractivity (Wildman–Crippen MR) is 91.7 cm³/mol. The lowest BCUT2D eigenvalue weighted by atomic mass is 10.2. The van der Waals surface area contributed by atoms with Gasteiger partial charge >= 0.3 is 0 Å². The third kappa shape index (κ3) is 2.85. The second kappa shape index (κ2) is 6.07. The van der Waals surface area contributed by atoms with Crippen LogP contribution in [0, 0.1) is 0 Å². The molecule has 0 fully saturated rings. The van der Waals surface area contributed by atoms with Crippen LogP contribution < -0.4 is 9.64 Å². The molecule has 0 saturated heterocycles. The van der Waals surface area contributed by atoms with Crippen molar-refractivity contribution in [2.75, 3.05) is 19.1 Å². The Hall–Kier alpha value is -1.91. The second-order valence-corrected chi connectivity index (χ2v) is 6.38. The topological polar surface area (TPSA) is 29.5 Å². The van der Waals surface area contributed by atoms with Crippen LogP contribution in [0.15, 0.2) is 52.3 Å². The highest BCUT2D eigenvalue weighted by molar-refractivity contribution is 8.04. The maximum atomic E-state index is 12.5. The van der Waals surface area contributed by atoms with Crippen molar-refractivity contribution >= 4 is 41.0 Å². The fraction of sp³-hybridized carbons (Fsp3) is 0.118. The molecule has 1 amide bonds. The molecule has 22 heavy (non-hydrogen) atoms. The molecule has 3 rings (SSSR count). The smallest absolute Gasteiger partial charge is 0.264 e. The molecule has 0 unspecified atom stereocenters. The van der Waals surface area contributed by atoms with Crippen LogP contribution in [0.25, 0.3) is 6.08 Å². The Morgan fingerprint density at radius 3 is 2.59 bits per heavy atom. The molecule has 3 nitrogen and oxygen atoms in total. The zero-order valence-corrected chi connectivity index (χ0v) is 13.7. The monoisotopic (exact) mass is 331 g/mol. The number of methoxy groups -OCH3 is 1. The fourth-order valence-corrected chi connectivity index (χ4v) is 3.48. The average Bonchev–Trinajstić information content (AvgIpc) is 2.54. The van der Waals surface area contributed by atoms with Crippen LogP contribution in [0.1, 0.15) is 5.56 Å². The molecule has 0 atom stereocenters. The quantitative estimate of drug-likeness (QED) is 0.761. The van der Waals surface area contributed by atoms with Gasteiger partial charge in [-0.3, -0.25) is 4.79 Å². The molecule has 1 aliphatic heterocycles. The first-order valence-electron chi connectivity index (χ1n) is 6.69. The molecular formula is C17H14ClNO2S. The normalized spacial score (nSPS) is 15.9. The summed E-state index contributed by atoms with van der Waals surface area (Å²) in [4.78, 5) is 15.8. The van der Waals surface area contributed by atoms with E-state index in [0.29, 0.717) is 9.93 Å². The van der Waals surface area contributed by atoms with Gasteiger partial charge in [0.05, 0.1) is 17.7 Å². The van der Waals surface area contributed by atoms with Crippen molar-refractivity contribution < 1.29 is 9.53 Å². The van der Waals surface area contributed by atoms with Crippen LogP contribution >= 0.6 is 23.4 Å². The maximum Gasteiger partial charge on any atom is 0.264 e. The Bertz CT molecular complexity index is 756. The van der Waals surface area contributed by atoms with Crippen molar-refractivity contribution in [2.45, 2.75) is 4.90 Å². The Labute approximate surface area is 138 Å². The maximum absolute atomic E-state index is 12.5. The van der Waals surface area contributed by atoms with Crippen LogP contribution in [0.5, 0.6) is 5.75 Å². The number of anilines is 1. The molecule has 0 spiro atoms. The number of halogens is 1. The van der Waals surface area contributed by atoms with Crippen molar-refractivity contribution in [1.29, 1.82) is 0 Å². The van der Waals surface area contributed by atoms with Gasteiger partial charge in [0.2, 0.25) is 0 Å². The van der Waals surface area contributed by atoms with E-state index in [0.717, 1.165) is 21.9 Å². The Balaban J connectivity index is 1.96. The summed E-state index contributed by atoms with van der Waals surface area (Å²) >= 11 is 7.47. The summed E-state index contributed by atoms with van der Waals surface area (Å²) in [5.41, 5.74) is 1.80. The Morgan fingerprint density at radius 2 is 1.91 bits per heavy atom. The van der Waals surface area contributed by atoms with Crippen molar-refractivity contribution in [3.63, 3.8) is 0 Å². The van der Waals surface area contributed by atoms with Gasteiger partial charge in [0.15, 0.2) is 0 Å². The number of hydrogen-bond donors (Lipinski definition) is 0. The lowest BCUT2D eigenvalue weighted by Gasteiger charge is -2.27. The number of amides is 1. The van der Waals surface area contributed by atoms with Crippen molar-refractivity contribution in [3.8, 4) is 5.75 Å². The average molecular weight is 332 g/mol. The minimum Gasteiger partial charge on any atom is -0.497 e. The number of carbonyl (C=O) groups is 1. The minimum atomic E-state index is -0.0319. The summed E-state index contributed by atoms with van der Waals surface area (Å²) in [7, 11) is 3.39. The summed E-state index contributed by atoms with van der Waals surface area (Å²) in [5, 5.41) is 0.626. The fourth-order valence-electron chi connectivity index (χ4n) is 2.22. The Kier molecular flexibility index (Phi) is 4.14. The van der Waals surface area contributed by atoms with Gasteiger partial charge in [-0.2, -0.15) is 0 Å². The van der Waals surface area contributed by atoms with E-state index in [2.05, 4.69) is 0 Å². The van der Waals surface area contributed by atoms with Gasteiger partial charge in [0.25, 0.3) is 5.91 Å². The SMILES string of the molecule is COc1ccc(C=C2Sc3ccc(Cl)cc3N(C)C2=O)cc1. The molecule has 5 heteroatoms. The van der Waals surface area contributed by atoms with E-state index >= 15 is 0 Å². The first-order chi connectivity index (χ1) is 10.6. The van der Waals surface area contributed by atoms with E-state index in [1.807, 2.05) is 48.5 Å². The minimum absolute atomic E-state index is 0.0319. The molecule has 1 heterocycles. The molecule has 0 N–H and O–H groups in total. The van der Waals surface area contributed by atoms with Crippen LogP contribution in [-0.2, 0) is 4.79 Å². The van der Waals surface area contributed by atoms with Crippen LogP contribution in [0.4, 0.5) is 5.69 Å². The van der Waals surface area contributed by atoms with Crippen LogP contribution in [0.2, 0.25) is 5.02 Å². The molecule has 0 aliphatic carbocycles. The zero-order chi connectivity index (χ0) is 15.7. The van der Waals surface area contributed by atoms with Gasteiger partial charge in [0.1, 0.15) is 5.75 Å². The predicted octanol–water partition coefficient (Wildman–Crippen LogP) is 4.46. The van der Waals surface area contributed by atoms with E-state index < -0.39 is 0 Å². The number of nitrogens with zero attached hydrogens (tertiary/aromatic N) is 1. The molecule has 1 aliphatic rings. The third-order valence-electron chi connectivity index (χ3n) is 3.43. The van der Waals surface area contributed by atoms with Crippen molar-refractivity contribution in [1.82, 2.24) is 0 Å². The highest BCUT2D eigenvalue weighted by atomic mass is 35.5. The molecule has 0 aromatic heterocycles. The summed E-state index contributed by atoms with van der Waals surface area (Å²) in [6, 6.07) is 13.2. The highest BCUT2D eigenvalue weighted by Crippen LogP contribution is 2.42. The Morgan fingerprint density at radius 1 is 1.18 bits per heavy atom. The summed E-state index contributed by atoms with van der Waals surface area (Å²) in [6.45, 7) is 0. The molecule has 2 aromatic carbocycles. The number of carbonyl (C=O) groups excluding carboxylic acids is 1. The summed E-state index contributed by atoms with van der Waals surface area (Å²) in [5.74, 6) is 0.762. The highest BCUT2D eigenvalue weighted by Gasteiger charge is 2.26. The summed E-state index contributed by atoms with van der Waals surface area (Å²) in [6.07, 6.45) is 1.89. The van der Waals surface area contributed by atoms with Crippen molar-refractivity contribution in [3.05, 3.63) is 58.0 Å². The molecular weight excluding hydrogens is 318 g/mol. The standard InChI is InChI=1S/C17H14ClNO2S/c1-19-14-10-12(18)5-8-15(14)22-16(17(19)20)9-11-3-6-13(21-2)7-4-11/h3-10H,1-2H3. The number of likely N-dealkylation sites (N-methyl/N-ethyl adjacent to an activating group) is 1. The molecule has 0 bridgehead atoms. The zero-order valence-electron chi connectivity index (χ0n) is 12.2. The van der Waals surface area contributed by atoms with E-state index in [1.54, 1.807) is 19.1 Å². The molecule has 0 saturated carbocycles. The van der Waals surface area contributed by atoms with Crippen molar-refractivity contribution in [2.24, 2.45) is 0 Å². The molecule has 2 aromatic rings. The number of hydrogen-bond acceptors (Lipinski definition) is 3. The number of benzene rings is 2. The number of thioether (sulfide) groups is 1. The lowest BCUT2D eigenvalue weighted by molar-refractivity contribution is -0.114. The van der Waals surface area contributed by atoms with Gasteiger partial charge in [-0.25, -0.2) is 0 Å². The van der Waals surface area contributed by atoms with Gasteiger partial charge in [0, 0.05) is 17.0 Å². The van der Waals surface area contributed by atoms with Gasteiger partial charge in [-0.05, 0) is 42.0 Å². The molecule has 112 valence electrons. The largest absolute Gasteiger partial charge is 0.497 e. The third-order valence-corrected chi connectivity index (χ3v) is 4.74. The number of fused-ring (bicyclic) bond motifs is 1. The first-order valence-corrected chi connectivity index (χ1v) is 7.89. The number of rotatable bonds is 2. The van der Waals surface area contributed by atoms with E-state index in [4.69, 9.17) is 16.3 Å². The van der Waals surface area contributed by atoms with Gasteiger partial charge in [-0.1, -0.05) is 35.5 Å². The van der Waals surface area contributed by atoms with E-state index in [-0.39, 0.29) is 5.91 Å².